The molecule has 0 spiro atoms. The molecule has 150 valence electrons. The summed E-state index contributed by atoms with van der Waals surface area (Å²) < 4.78 is 30.7. The smallest absolute Gasteiger partial charge is 0.303 e. The molecule has 10 nitrogen and oxygen atoms in total. The van der Waals surface area contributed by atoms with Crippen molar-refractivity contribution in [2.45, 2.75) is 52.1 Å². The number of ether oxygens (including phenoxy) is 6. The fourth-order valence-electron chi connectivity index (χ4n) is 2.16. The van der Waals surface area contributed by atoms with Gasteiger partial charge in [0.1, 0.15) is 12.7 Å². The predicted octanol–water partition coefficient (Wildman–Crippen LogP) is 0.00600. The van der Waals surface area contributed by atoms with Crippen molar-refractivity contribution in [1.29, 1.82) is 0 Å². The first kappa shape index (κ1) is 23.8. The van der Waals surface area contributed by atoms with Crippen molar-refractivity contribution < 1.29 is 47.6 Å². The molecule has 0 N–H and O–H groups in total. The molecule has 0 rings (SSSR count). The molecule has 0 amide bonds. The van der Waals surface area contributed by atoms with E-state index in [2.05, 4.69) is 0 Å². The number of hydrogen-bond donors (Lipinski definition) is 0. The number of rotatable bonds is 11. The standard InChI is InChI=1S/C16H26O10/c1-9(17)23-8-13(22-6)15(25-11(3)19)16(26-12(4)20)14(7-21-5)24-10(2)18/h13-16H,7-8H2,1-6H3. The minimum atomic E-state index is -1.25. The van der Waals surface area contributed by atoms with Gasteiger partial charge in [-0.2, -0.15) is 0 Å². The van der Waals surface area contributed by atoms with E-state index in [9.17, 15) is 19.2 Å². The summed E-state index contributed by atoms with van der Waals surface area (Å²) in [6, 6.07) is 0. The van der Waals surface area contributed by atoms with E-state index in [0.29, 0.717) is 0 Å². The molecule has 0 radical (unpaired) electrons. The number of hydrogen-bond acceptors (Lipinski definition) is 10. The Balaban J connectivity index is 5.79. The van der Waals surface area contributed by atoms with Gasteiger partial charge in [-0.3, -0.25) is 19.2 Å². The molecule has 10 heteroatoms. The van der Waals surface area contributed by atoms with Gasteiger partial charge in [0.2, 0.25) is 0 Å². The number of carbonyl (C=O) groups excluding carboxylic acids is 4. The Labute approximate surface area is 152 Å². The van der Waals surface area contributed by atoms with Crippen molar-refractivity contribution >= 4 is 23.9 Å². The van der Waals surface area contributed by atoms with Gasteiger partial charge in [-0.15, -0.1) is 0 Å². The average Bonchev–Trinajstić information content (AvgIpc) is 2.50. The van der Waals surface area contributed by atoms with Crippen molar-refractivity contribution in [3.8, 4) is 0 Å². The first-order valence-electron chi connectivity index (χ1n) is 7.79. The van der Waals surface area contributed by atoms with E-state index in [4.69, 9.17) is 28.4 Å². The first-order valence-corrected chi connectivity index (χ1v) is 7.79. The maximum absolute atomic E-state index is 11.5. The van der Waals surface area contributed by atoms with Crippen LogP contribution in [0.15, 0.2) is 0 Å². The van der Waals surface area contributed by atoms with Crippen LogP contribution in [-0.4, -0.2) is 75.7 Å². The summed E-state index contributed by atoms with van der Waals surface area (Å²) in [6.45, 7) is 4.24. The summed E-state index contributed by atoms with van der Waals surface area (Å²) in [4.78, 5) is 45.6. The van der Waals surface area contributed by atoms with Crippen LogP contribution in [0.2, 0.25) is 0 Å². The first-order chi connectivity index (χ1) is 12.1. The van der Waals surface area contributed by atoms with Crippen LogP contribution in [-0.2, 0) is 47.6 Å². The predicted molar refractivity (Wildman–Crippen MR) is 86.0 cm³/mol. The highest BCUT2D eigenvalue weighted by Gasteiger charge is 2.42. The van der Waals surface area contributed by atoms with Crippen LogP contribution in [0.3, 0.4) is 0 Å². The van der Waals surface area contributed by atoms with Crippen LogP contribution in [0.4, 0.5) is 0 Å². The van der Waals surface area contributed by atoms with Crippen molar-refractivity contribution in [1.82, 2.24) is 0 Å². The van der Waals surface area contributed by atoms with Crippen molar-refractivity contribution in [3.05, 3.63) is 0 Å². The monoisotopic (exact) mass is 378 g/mol. The van der Waals surface area contributed by atoms with Gasteiger partial charge in [0.05, 0.1) is 6.61 Å². The van der Waals surface area contributed by atoms with Gasteiger partial charge in [0.25, 0.3) is 0 Å². The van der Waals surface area contributed by atoms with E-state index in [-0.39, 0.29) is 13.2 Å². The zero-order valence-electron chi connectivity index (χ0n) is 15.8. The Kier molecular flexibility index (Phi) is 11.2. The fourth-order valence-corrected chi connectivity index (χ4v) is 2.16. The van der Waals surface area contributed by atoms with Gasteiger partial charge in [-0.05, 0) is 0 Å². The largest absolute Gasteiger partial charge is 0.463 e. The molecule has 4 atom stereocenters. The maximum Gasteiger partial charge on any atom is 0.303 e. The lowest BCUT2D eigenvalue weighted by Crippen LogP contribution is -2.53. The second kappa shape index (κ2) is 12.2. The molecular weight excluding hydrogens is 352 g/mol. The molecule has 0 aromatic heterocycles. The quantitative estimate of drug-likeness (QED) is 0.358. The van der Waals surface area contributed by atoms with Crippen molar-refractivity contribution in [3.63, 3.8) is 0 Å². The zero-order valence-corrected chi connectivity index (χ0v) is 15.8. The van der Waals surface area contributed by atoms with Gasteiger partial charge in [0, 0.05) is 41.9 Å². The van der Waals surface area contributed by atoms with Gasteiger partial charge in [-0.25, -0.2) is 0 Å². The van der Waals surface area contributed by atoms with Gasteiger partial charge in [0.15, 0.2) is 18.3 Å². The molecule has 0 aliphatic rings. The summed E-state index contributed by atoms with van der Waals surface area (Å²) in [5.41, 5.74) is 0. The molecule has 0 saturated heterocycles. The Bertz CT molecular complexity index is 489. The minimum Gasteiger partial charge on any atom is -0.463 e. The number of esters is 4. The second-order valence-corrected chi connectivity index (χ2v) is 5.33. The van der Waals surface area contributed by atoms with Crippen LogP contribution in [0.1, 0.15) is 27.7 Å². The van der Waals surface area contributed by atoms with Crippen LogP contribution in [0.5, 0.6) is 0 Å². The highest BCUT2D eigenvalue weighted by atomic mass is 16.6. The highest BCUT2D eigenvalue weighted by molar-refractivity contribution is 5.68. The van der Waals surface area contributed by atoms with Gasteiger partial charge >= 0.3 is 23.9 Å². The molecule has 0 aliphatic heterocycles. The molecule has 0 aliphatic carbocycles. The Morgan fingerprint density at radius 3 is 1.46 bits per heavy atom. The number of methoxy groups -OCH3 is 2. The maximum atomic E-state index is 11.5. The fraction of sp³-hybridized carbons (Fsp3) is 0.750. The summed E-state index contributed by atoms with van der Waals surface area (Å²) in [5, 5.41) is 0. The topological polar surface area (TPSA) is 124 Å². The van der Waals surface area contributed by atoms with E-state index in [0.717, 1.165) is 13.8 Å². The molecule has 0 aromatic rings. The summed E-state index contributed by atoms with van der Waals surface area (Å²) in [6.07, 6.45) is -4.54. The zero-order chi connectivity index (χ0) is 20.3. The lowest BCUT2D eigenvalue weighted by Gasteiger charge is -2.35. The number of carbonyl (C=O) groups is 4. The van der Waals surface area contributed by atoms with E-state index < -0.39 is 48.3 Å². The summed E-state index contributed by atoms with van der Waals surface area (Å²) in [5.74, 6) is -2.63. The Hall–Kier alpha value is -2.20. The van der Waals surface area contributed by atoms with Crippen LogP contribution >= 0.6 is 0 Å². The minimum absolute atomic E-state index is 0.140. The van der Waals surface area contributed by atoms with Crippen molar-refractivity contribution in [2.75, 3.05) is 27.4 Å². The normalized spacial score (nSPS) is 15.2. The third-order valence-electron chi connectivity index (χ3n) is 3.06. The van der Waals surface area contributed by atoms with Crippen molar-refractivity contribution in [2.24, 2.45) is 0 Å². The highest BCUT2D eigenvalue weighted by Crippen LogP contribution is 2.19. The van der Waals surface area contributed by atoms with Gasteiger partial charge in [-0.1, -0.05) is 0 Å². The molecular formula is C16H26O10. The molecule has 0 fully saturated rings. The lowest BCUT2D eigenvalue weighted by molar-refractivity contribution is -0.202. The molecule has 0 saturated carbocycles. The van der Waals surface area contributed by atoms with Crippen LogP contribution in [0, 0.1) is 0 Å². The second-order valence-electron chi connectivity index (χ2n) is 5.33. The van der Waals surface area contributed by atoms with E-state index >= 15 is 0 Å². The van der Waals surface area contributed by atoms with Crippen LogP contribution < -0.4 is 0 Å². The van der Waals surface area contributed by atoms with Crippen LogP contribution in [0.25, 0.3) is 0 Å². The Morgan fingerprint density at radius 1 is 0.654 bits per heavy atom. The molecule has 0 aromatic carbocycles. The van der Waals surface area contributed by atoms with E-state index in [1.165, 1.54) is 28.1 Å². The third-order valence-corrected chi connectivity index (χ3v) is 3.06. The third kappa shape index (κ3) is 9.33. The summed E-state index contributed by atoms with van der Waals surface area (Å²) in [7, 11) is 2.65. The van der Waals surface area contributed by atoms with E-state index in [1.807, 2.05) is 0 Å². The SMILES string of the molecule is COCC(OC(C)=O)C(OC(C)=O)C(OC(C)=O)C(COC(C)=O)OC. The van der Waals surface area contributed by atoms with E-state index in [1.54, 1.807) is 0 Å². The lowest BCUT2D eigenvalue weighted by atomic mass is 10.0. The summed E-state index contributed by atoms with van der Waals surface area (Å²) >= 11 is 0. The Morgan fingerprint density at radius 2 is 1.12 bits per heavy atom. The van der Waals surface area contributed by atoms with Gasteiger partial charge < -0.3 is 28.4 Å². The molecule has 0 bridgehead atoms. The molecule has 0 heterocycles. The average molecular weight is 378 g/mol. The molecule has 4 unspecified atom stereocenters. The molecule has 26 heavy (non-hydrogen) atoms.